The number of benzene rings is 2. The number of rotatable bonds is 6. The van der Waals surface area contributed by atoms with Gasteiger partial charge in [-0.05, 0) is 30.3 Å². The highest BCUT2D eigenvalue weighted by Crippen LogP contribution is 2.25. The van der Waals surface area contributed by atoms with Crippen LogP contribution in [0.1, 0.15) is 6.42 Å². The fourth-order valence-electron chi connectivity index (χ4n) is 2.28. The van der Waals surface area contributed by atoms with Gasteiger partial charge in [-0.1, -0.05) is 12.1 Å². The van der Waals surface area contributed by atoms with E-state index in [9.17, 15) is 14.3 Å². The molecule has 2 aromatic carbocycles. The Balaban J connectivity index is 1.54. The van der Waals surface area contributed by atoms with Gasteiger partial charge in [-0.3, -0.25) is 9.89 Å². The Morgan fingerprint density at radius 3 is 2.84 bits per heavy atom. The summed E-state index contributed by atoms with van der Waals surface area (Å²) in [5, 5.41) is 18.6. The summed E-state index contributed by atoms with van der Waals surface area (Å²) in [4.78, 5) is 11.9. The minimum atomic E-state index is -0.454. The van der Waals surface area contributed by atoms with Gasteiger partial charge in [0.1, 0.15) is 5.82 Å². The highest BCUT2D eigenvalue weighted by atomic mass is 19.1. The van der Waals surface area contributed by atoms with E-state index in [2.05, 4.69) is 15.5 Å². The van der Waals surface area contributed by atoms with E-state index in [1.165, 1.54) is 18.3 Å². The third kappa shape index (κ3) is 4.14. The number of phenolic OH excluding ortho intramolecular Hbond substituents is 1. The van der Waals surface area contributed by atoms with Crippen LogP contribution in [-0.2, 0) is 4.79 Å². The van der Waals surface area contributed by atoms with Crippen molar-refractivity contribution in [1.82, 2.24) is 10.2 Å². The van der Waals surface area contributed by atoms with E-state index in [0.717, 1.165) is 0 Å². The van der Waals surface area contributed by atoms with Gasteiger partial charge in [0.2, 0.25) is 5.91 Å². The summed E-state index contributed by atoms with van der Waals surface area (Å²) in [6, 6.07) is 11.0. The molecule has 3 N–H and O–H groups in total. The van der Waals surface area contributed by atoms with Gasteiger partial charge in [0.05, 0.1) is 19.2 Å². The van der Waals surface area contributed by atoms with Crippen LogP contribution in [0.15, 0.2) is 54.9 Å². The Morgan fingerprint density at radius 2 is 2.12 bits per heavy atom. The molecule has 1 aromatic heterocycles. The number of aromatic nitrogens is 2. The standard InChI is InChI=1S/C18H16FN3O3/c19-15-9-13(5-6-14(15)12-10-20-21-11-12)22-18(24)7-8-25-17-4-2-1-3-16(17)23/h1-6,9-11,23H,7-8H2,(H,20,21)(H,22,24). The second kappa shape index (κ2) is 7.48. The van der Waals surface area contributed by atoms with E-state index in [0.29, 0.717) is 22.6 Å². The Bertz CT molecular complexity index is 866. The van der Waals surface area contributed by atoms with E-state index in [1.807, 2.05) is 0 Å². The molecule has 0 bridgehead atoms. The number of aromatic amines is 1. The minimum Gasteiger partial charge on any atom is -0.504 e. The topological polar surface area (TPSA) is 87.2 Å². The van der Waals surface area contributed by atoms with Crippen LogP contribution >= 0.6 is 0 Å². The molecule has 3 rings (SSSR count). The van der Waals surface area contributed by atoms with Gasteiger partial charge in [-0.2, -0.15) is 5.10 Å². The van der Waals surface area contributed by atoms with Crippen LogP contribution < -0.4 is 10.1 Å². The first-order chi connectivity index (χ1) is 12.1. The molecule has 25 heavy (non-hydrogen) atoms. The number of aromatic hydroxyl groups is 1. The number of anilines is 1. The SMILES string of the molecule is O=C(CCOc1ccccc1O)Nc1ccc(-c2cn[nH]c2)c(F)c1. The molecule has 1 amide bonds. The number of carbonyl (C=O) groups excluding carboxylic acids is 1. The molecule has 0 aliphatic heterocycles. The van der Waals surface area contributed by atoms with Crippen molar-refractivity contribution in [3.8, 4) is 22.6 Å². The van der Waals surface area contributed by atoms with Crippen molar-refractivity contribution < 1.29 is 19.0 Å². The summed E-state index contributed by atoms with van der Waals surface area (Å²) < 4.78 is 19.5. The fraction of sp³-hybridized carbons (Fsp3) is 0.111. The molecule has 128 valence electrons. The molecule has 0 saturated carbocycles. The van der Waals surface area contributed by atoms with Crippen LogP contribution in [0.3, 0.4) is 0 Å². The van der Waals surface area contributed by atoms with Crippen LogP contribution in [0.2, 0.25) is 0 Å². The molecule has 0 aliphatic carbocycles. The summed E-state index contributed by atoms with van der Waals surface area (Å²) in [5.41, 5.74) is 1.39. The number of nitrogens with zero attached hydrogens (tertiary/aromatic N) is 1. The van der Waals surface area contributed by atoms with Gasteiger partial charge >= 0.3 is 0 Å². The van der Waals surface area contributed by atoms with Gasteiger partial charge < -0.3 is 15.2 Å². The fourth-order valence-corrected chi connectivity index (χ4v) is 2.28. The second-order valence-electron chi connectivity index (χ2n) is 5.30. The number of amides is 1. The molecule has 0 fully saturated rings. The second-order valence-corrected chi connectivity index (χ2v) is 5.30. The van der Waals surface area contributed by atoms with Gasteiger partial charge in [0, 0.05) is 23.0 Å². The number of para-hydroxylation sites is 2. The van der Waals surface area contributed by atoms with Crippen molar-refractivity contribution in [3.05, 3.63) is 60.7 Å². The lowest BCUT2D eigenvalue weighted by Gasteiger charge is -2.09. The van der Waals surface area contributed by atoms with E-state index >= 15 is 0 Å². The predicted octanol–water partition coefficient (Wildman–Crippen LogP) is 3.33. The first kappa shape index (κ1) is 16.5. The van der Waals surface area contributed by atoms with Crippen molar-refractivity contribution in [2.75, 3.05) is 11.9 Å². The largest absolute Gasteiger partial charge is 0.504 e. The first-order valence-electron chi connectivity index (χ1n) is 7.63. The minimum absolute atomic E-state index is 0.0137. The number of hydrogen-bond donors (Lipinski definition) is 3. The van der Waals surface area contributed by atoms with Gasteiger partial charge in [-0.15, -0.1) is 0 Å². The number of halogens is 1. The van der Waals surface area contributed by atoms with E-state index < -0.39 is 5.82 Å². The molecule has 0 atom stereocenters. The highest BCUT2D eigenvalue weighted by molar-refractivity contribution is 5.91. The summed E-state index contributed by atoms with van der Waals surface area (Å²) >= 11 is 0. The Hall–Kier alpha value is -3.35. The quantitative estimate of drug-likeness (QED) is 0.642. The lowest BCUT2D eigenvalue weighted by molar-refractivity contribution is -0.116. The lowest BCUT2D eigenvalue weighted by Crippen LogP contribution is -2.15. The van der Waals surface area contributed by atoms with E-state index in [4.69, 9.17) is 4.74 Å². The van der Waals surface area contributed by atoms with Crippen molar-refractivity contribution >= 4 is 11.6 Å². The first-order valence-corrected chi connectivity index (χ1v) is 7.63. The number of carbonyl (C=O) groups is 1. The molecule has 1 heterocycles. The van der Waals surface area contributed by atoms with Crippen molar-refractivity contribution in [2.45, 2.75) is 6.42 Å². The summed E-state index contributed by atoms with van der Waals surface area (Å²) in [6.07, 6.45) is 3.18. The third-order valence-corrected chi connectivity index (χ3v) is 3.51. The molecule has 7 heteroatoms. The van der Waals surface area contributed by atoms with Gasteiger partial charge in [0.25, 0.3) is 0 Å². The summed E-state index contributed by atoms with van der Waals surface area (Å²) in [7, 11) is 0. The molecular formula is C18H16FN3O3. The van der Waals surface area contributed by atoms with E-state index in [-0.39, 0.29) is 24.7 Å². The Morgan fingerprint density at radius 1 is 1.28 bits per heavy atom. The van der Waals surface area contributed by atoms with Crippen LogP contribution in [0.25, 0.3) is 11.1 Å². The average molecular weight is 341 g/mol. The van der Waals surface area contributed by atoms with Crippen LogP contribution in [-0.4, -0.2) is 27.8 Å². The molecule has 0 unspecified atom stereocenters. The van der Waals surface area contributed by atoms with Gasteiger partial charge in [0.15, 0.2) is 11.5 Å². The maximum absolute atomic E-state index is 14.1. The molecule has 0 spiro atoms. The molecule has 3 aromatic rings. The zero-order chi connectivity index (χ0) is 17.6. The lowest BCUT2D eigenvalue weighted by atomic mass is 10.1. The zero-order valence-electron chi connectivity index (χ0n) is 13.2. The van der Waals surface area contributed by atoms with Crippen LogP contribution in [0, 0.1) is 5.82 Å². The van der Waals surface area contributed by atoms with Crippen LogP contribution in [0.5, 0.6) is 11.5 Å². The van der Waals surface area contributed by atoms with Crippen LogP contribution in [0.4, 0.5) is 10.1 Å². The monoisotopic (exact) mass is 341 g/mol. The Kier molecular flexibility index (Phi) is 4.94. The highest BCUT2D eigenvalue weighted by Gasteiger charge is 2.09. The van der Waals surface area contributed by atoms with E-state index in [1.54, 1.807) is 36.5 Å². The molecule has 0 radical (unpaired) electrons. The van der Waals surface area contributed by atoms with Crippen molar-refractivity contribution in [1.29, 1.82) is 0 Å². The smallest absolute Gasteiger partial charge is 0.227 e. The molecule has 0 saturated heterocycles. The zero-order valence-corrected chi connectivity index (χ0v) is 13.2. The number of nitrogens with one attached hydrogen (secondary N) is 2. The number of hydrogen-bond acceptors (Lipinski definition) is 4. The van der Waals surface area contributed by atoms with Gasteiger partial charge in [-0.25, -0.2) is 4.39 Å². The Labute approximate surface area is 143 Å². The van der Waals surface area contributed by atoms with Crippen molar-refractivity contribution in [3.63, 3.8) is 0 Å². The maximum Gasteiger partial charge on any atom is 0.227 e. The molecule has 0 aliphatic rings. The van der Waals surface area contributed by atoms with Crippen molar-refractivity contribution in [2.24, 2.45) is 0 Å². The molecule has 6 nitrogen and oxygen atoms in total. The summed E-state index contributed by atoms with van der Waals surface area (Å²) in [6.45, 7) is 0.0962. The normalized spacial score (nSPS) is 10.4. The average Bonchev–Trinajstić information content (AvgIpc) is 3.11. The number of phenols is 1. The third-order valence-electron chi connectivity index (χ3n) is 3.51. The number of ether oxygens (including phenoxy) is 1. The molecular weight excluding hydrogens is 325 g/mol. The summed E-state index contributed by atoms with van der Waals surface area (Å²) in [5.74, 6) is -0.443. The number of H-pyrrole nitrogens is 1. The predicted molar refractivity (Wildman–Crippen MR) is 90.8 cm³/mol. The maximum atomic E-state index is 14.1.